The maximum Gasteiger partial charge on any atom is 0.145 e. The summed E-state index contributed by atoms with van der Waals surface area (Å²) < 4.78 is 0. The van der Waals surface area contributed by atoms with Crippen LogP contribution in [0.3, 0.4) is 0 Å². The fourth-order valence-electron chi connectivity index (χ4n) is 1.36. The summed E-state index contributed by atoms with van der Waals surface area (Å²) in [6.45, 7) is 4.14. The second-order valence-corrected chi connectivity index (χ2v) is 4.36. The molecule has 0 radical (unpaired) electrons. The molecular formula is C9H13N5S. The van der Waals surface area contributed by atoms with Gasteiger partial charge in [-0.2, -0.15) is 15.4 Å². The zero-order valence-corrected chi connectivity index (χ0v) is 9.72. The molecule has 80 valence electrons. The molecular weight excluding hydrogens is 210 g/mol. The fourth-order valence-corrected chi connectivity index (χ4v) is 2.44. The number of H-pyrrole nitrogens is 1. The number of aromatic amines is 1. The van der Waals surface area contributed by atoms with Crippen molar-refractivity contribution in [2.24, 2.45) is 0 Å². The summed E-state index contributed by atoms with van der Waals surface area (Å²) in [5, 5.41) is 14.5. The van der Waals surface area contributed by atoms with Crippen molar-refractivity contribution in [3.63, 3.8) is 0 Å². The van der Waals surface area contributed by atoms with Crippen LogP contribution in [0.1, 0.15) is 23.5 Å². The first kappa shape index (κ1) is 10.3. The van der Waals surface area contributed by atoms with E-state index in [1.807, 2.05) is 14.0 Å². The molecule has 15 heavy (non-hydrogen) atoms. The average Bonchev–Trinajstić information content (AvgIpc) is 2.84. The molecule has 0 saturated heterocycles. The van der Waals surface area contributed by atoms with Crippen LogP contribution >= 0.6 is 11.3 Å². The van der Waals surface area contributed by atoms with Gasteiger partial charge in [0, 0.05) is 10.9 Å². The third kappa shape index (κ3) is 1.91. The lowest BCUT2D eigenvalue weighted by atomic mass is 10.2. The molecule has 0 saturated carbocycles. The molecule has 0 spiro atoms. The van der Waals surface area contributed by atoms with Gasteiger partial charge in [-0.15, -0.1) is 11.3 Å². The van der Waals surface area contributed by atoms with Gasteiger partial charge in [0.2, 0.25) is 0 Å². The summed E-state index contributed by atoms with van der Waals surface area (Å²) in [5.41, 5.74) is 1.86. The van der Waals surface area contributed by atoms with Crippen LogP contribution in [0.2, 0.25) is 0 Å². The van der Waals surface area contributed by atoms with Gasteiger partial charge in [-0.3, -0.25) is 0 Å². The van der Waals surface area contributed by atoms with Crippen molar-refractivity contribution >= 4 is 11.3 Å². The van der Waals surface area contributed by atoms with Crippen LogP contribution in [0.15, 0.2) is 6.20 Å². The van der Waals surface area contributed by atoms with Gasteiger partial charge in [-0.05, 0) is 20.9 Å². The van der Waals surface area contributed by atoms with Gasteiger partial charge in [0.05, 0.1) is 11.9 Å². The van der Waals surface area contributed by atoms with Crippen LogP contribution in [-0.2, 0) is 0 Å². The maximum absolute atomic E-state index is 4.48. The maximum atomic E-state index is 4.48. The molecule has 0 aromatic carbocycles. The van der Waals surface area contributed by atoms with Gasteiger partial charge in [0.15, 0.2) is 0 Å². The number of rotatable bonds is 3. The van der Waals surface area contributed by atoms with Gasteiger partial charge in [-0.1, -0.05) is 0 Å². The predicted molar refractivity (Wildman–Crippen MR) is 59.7 cm³/mol. The highest BCUT2D eigenvalue weighted by atomic mass is 32.1. The van der Waals surface area contributed by atoms with E-state index >= 15 is 0 Å². The first-order valence-corrected chi connectivity index (χ1v) is 5.54. The molecule has 1 unspecified atom stereocenters. The summed E-state index contributed by atoms with van der Waals surface area (Å²) >= 11 is 1.65. The SMILES string of the molecule is CNC(C)c1sc(-c2cn[nH]n2)nc1C. The Labute approximate surface area is 91.9 Å². The lowest BCUT2D eigenvalue weighted by Crippen LogP contribution is -2.11. The molecule has 2 rings (SSSR count). The van der Waals surface area contributed by atoms with Crippen molar-refractivity contribution in [2.75, 3.05) is 7.05 Å². The molecule has 6 heteroatoms. The topological polar surface area (TPSA) is 66.5 Å². The van der Waals surface area contributed by atoms with E-state index in [4.69, 9.17) is 0 Å². The largest absolute Gasteiger partial charge is 0.312 e. The van der Waals surface area contributed by atoms with Gasteiger partial charge in [0.1, 0.15) is 10.7 Å². The highest BCUT2D eigenvalue weighted by molar-refractivity contribution is 7.15. The van der Waals surface area contributed by atoms with Crippen LogP contribution in [0.5, 0.6) is 0 Å². The number of aromatic nitrogens is 4. The van der Waals surface area contributed by atoms with E-state index in [2.05, 4.69) is 32.6 Å². The van der Waals surface area contributed by atoms with Gasteiger partial charge >= 0.3 is 0 Å². The average molecular weight is 223 g/mol. The molecule has 2 heterocycles. The first-order chi connectivity index (χ1) is 7.22. The first-order valence-electron chi connectivity index (χ1n) is 4.73. The molecule has 0 bridgehead atoms. The number of hydrogen-bond donors (Lipinski definition) is 2. The van der Waals surface area contributed by atoms with Crippen molar-refractivity contribution in [1.82, 2.24) is 25.7 Å². The molecule has 2 N–H and O–H groups in total. The molecule has 0 amide bonds. The van der Waals surface area contributed by atoms with Crippen LogP contribution in [0.25, 0.3) is 10.7 Å². The molecule has 5 nitrogen and oxygen atoms in total. The smallest absolute Gasteiger partial charge is 0.145 e. The molecule has 2 aromatic heterocycles. The second kappa shape index (κ2) is 4.08. The summed E-state index contributed by atoms with van der Waals surface area (Å²) in [4.78, 5) is 5.72. The van der Waals surface area contributed by atoms with Crippen LogP contribution < -0.4 is 5.32 Å². The highest BCUT2D eigenvalue weighted by Gasteiger charge is 2.14. The van der Waals surface area contributed by atoms with Crippen LogP contribution in [-0.4, -0.2) is 27.4 Å². The van der Waals surface area contributed by atoms with Crippen molar-refractivity contribution in [2.45, 2.75) is 19.9 Å². The van der Waals surface area contributed by atoms with E-state index in [9.17, 15) is 0 Å². The fraction of sp³-hybridized carbons (Fsp3) is 0.444. The lowest BCUT2D eigenvalue weighted by molar-refractivity contribution is 0.658. The Morgan fingerprint density at radius 3 is 2.93 bits per heavy atom. The predicted octanol–water partition coefficient (Wildman–Crippen LogP) is 1.52. The minimum Gasteiger partial charge on any atom is -0.312 e. The normalized spacial score (nSPS) is 13.0. The van der Waals surface area contributed by atoms with Crippen LogP contribution in [0.4, 0.5) is 0 Å². The lowest BCUT2D eigenvalue weighted by Gasteiger charge is -2.06. The number of thiazole rings is 1. The Morgan fingerprint density at radius 1 is 1.53 bits per heavy atom. The summed E-state index contributed by atoms with van der Waals surface area (Å²) in [6, 6.07) is 0.322. The summed E-state index contributed by atoms with van der Waals surface area (Å²) in [7, 11) is 1.94. The Hall–Kier alpha value is -1.27. The number of hydrogen-bond acceptors (Lipinski definition) is 5. The van der Waals surface area contributed by atoms with E-state index in [1.54, 1.807) is 17.5 Å². The molecule has 0 fully saturated rings. The van der Waals surface area contributed by atoms with E-state index < -0.39 is 0 Å². The van der Waals surface area contributed by atoms with Gasteiger partial charge < -0.3 is 5.32 Å². The molecule has 0 aliphatic heterocycles. The molecule has 2 aromatic rings. The standard InChI is InChI=1S/C9H13N5S/c1-5(10-3)8-6(2)12-9(15-8)7-4-11-14-13-7/h4-5,10H,1-3H3,(H,11,13,14). The quantitative estimate of drug-likeness (QED) is 0.828. The zero-order chi connectivity index (χ0) is 10.8. The van der Waals surface area contributed by atoms with E-state index in [0.29, 0.717) is 6.04 Å². The van der Waals surface area contributed by atoms with Crippen molar-refractivity contribution < 1.29 is 0 Å². The monoisotopic (exact) mass is 223 g/mol. The Balaban J connectivity index is 2.37. The summed E-state index contributed by atoms with van der Waals surface area (Å²) in [5.74, 6) is 0. The highest BCUT2D eigenvalue weighted by Crippen LogP contribution is 2.29. The van der Waals surface area contributed by atoms with Crippen molar-refractivity contribution in [1.29, 1.82) is 0 Å². The van der Waals surface area contributed by atoms with Crippen molar-refractivity contribution in [3.8, 4) is 10.7 Å². The van der Waals surface area contributed by atoms with Gasteiger partial charge in [-0.25, -0.2) is 4.98 Å². The zero-order valence-electron chi connectivity index (χ0n) is 8.90. The van der Waals surface area contributed by atoms with Crippen molar-refractivity contribution in [3.05, 3.63) is 16.8 Å². The number of aryl methyl sites for hydroxylation is 1. The Bertz CT molecular complexity index is 433. The molecule has 0 aliphatic carbocycles. The van der Waals surface area contributed by atoms with Gasteiger partial charge in [0.25, 0.3) is 0 Å². The van der Waals surface area contributed by atoms with E-state index in [0.717, 1.165) is 16.4 Å². The minimum absolute atomic E-state index is 0.322. The minimum atomic E-state index is 0.322. The van der Waals surface area contributed by atoms with E-state index in [1.165, 1.54) is 4.88 Å². The number of nitrogens with one attached hydrogen (secondary N) is 2. The van der Waals surface area contributed by atoms with E-state index in [-0.39, 0.29) is 0 Å². The molecule has 0 aliphatic rings. The number of nitrogens with zero attached hydrogens (tertiary/aromatic N) is 3. The Morgan fingerprint density at radius 2 is 2.33 bits per heavy atom. The molecule has 1 atom stereocenters. The third-order valence-electron chi connectivity index (χ3n) is 2.29. The summed E-state index contributed by atoms with van der Waals surface area (Å²) in [6.07, 6.45) is 1.69. The third-order valence-corrected chi connectivity index (χ3v) is 3.66. The second-order valence-electron chi connectivity index (χ2n) is 3.33. The Kier molecular flexibility index (Phi) is 2.79. The van der Waals surface area contributed by atoms with Crippen LogP contribution in [0, 0.1) is 6.92 Å².